The number of unbranched alkanes of at least 4 members (excludes halogenated alkanes) is 5. The third kappa shape index (κ3) is 14.2. The first-order chi connectivity index (χ1) is 19.5. The quantitative estimate of drug-likeness (QED) is 0.0695. The van der Waals surface area contributed by atoms with Crippen LogP contribution in [-0.4, -0.2) is 13.1 Å². The van der Waals surface area contributed by atoms with Crippen molar-refractivity contribution in [3.8, 4) is 0 Å². The number of anilines is 2. The lowest BCUT2D eigenvalue weighted by Crippen LogP contribution is -2.35. The minimum Gasteiger partial charge on any atom is -0.384 e. The first kappa shape index (κ1) is 35.1. The molecule has 6 heteroatoms. The molecule has 40 heavy (non-hydrogen) atoms. The number of alkyl halides is 2. The van der Waals surface area contributed by atoms with Crippen molar-refractivity contribution in [3.05, 3.63) is 49.1 Å². The second-order valence-electron chi connectivity index (χ2n) is 11.5. The van der Waals surface area contributed by atoms with Crippen LogP contribution in [0.5, 0.6) is 0 Å². The predicted molar refractivity (Wildman–Crippen MR) is 180 cm³/mol. The van der Waals surface area contributed by atoms with Crippen LogP contribution in [0.3, 0.4) is 0 Å². The van der Waals surface area contributed by atoms with Gasteiger partial charge in [0, 0.05) is 61.6 Å². The Bertz CT molecular complexity index is 801. The Hall–Kier alpha value is -1.14. The molecular weight excluding hydrogens is 624 g/mol. The summed E-state index contributed by atoms with van der Waals surface area (Å²) in [6.07, 6.45) is 26.6. The summed E-state index contributed by atoms with van der Waals surface area (Å²) in [5.41, 5.74) is 2.46. The molecule has 0 aliphatic rings. The highest BCUT2D eigenvalue weighted by molar-refractivity contribution is 9.09. The standard InChI is InChI=1S/C34H56Br2N4/c1-5-9-15-29(7-3)27-37-31-19-23-39(24-20-31)33(35)17-13-11-12-14-18-34(36)40-25-21-32(22-26-40)38-28-30(8-4)16-10-6-2/h19-26,29-30,33-34H,5-18,27-28H2,1-4H3/p+2. The van der Waals surface area contributed by atoms with Gasteiger partial charge in [-0.05, 0) is 69.4 Å². The van der Waals surface area contributed by atoms with E-state index in [1.165, 1.54) is 88.4 Å². The molecule has 0 spiro atoms. The van der Waals surface area contributed by atoms with Crippen molar-refractivity contribution in [3.63, 3.8) is 0 Å². The second kappa shape index (κ2) is 21.5. The Morgan fingerprint density at radius 1 is 0.550 bits per heavy atom. The van der Waals surface area contributed by atoms with Crippen LogP contribution < -0.4 is 19.8 Å². The van der Waals surface area contributed by atoms with Crippen molar-refractivity contribution in [2.75, 3.05) is 23.7 Å². The summed E-state index contributed by atoms with van der Waals surface area (Å²) in [5.74, 6) is 1.55. The van der Waals surface area contributed by atoms with Crippen LogP contribution in [0.25, 0.3) is 0 Å². The van der Waals surface area contributed by atoms with E-state index in [9.17, 15) is 0 Å². The van der Waals surface area contributed by atoms with E-state index in [0.717, 1.165) is 37.8 Å². The molecule has 0 amide bonds. The topological polar surface area (TPSA) is 31.8 Å². The number of hydrogen-bond donors (Lipinski definition) is 2. The van der Waals surface area contributed by atoms with Crippen molar-refractivity contribution >= 4 is 43.2 Å². The molecule has 4 nitrogen and oxygen atoms in total. The highest BCUT2D eigenvalue weighted by Gasteiger charge is 2.16. The van der Waals surface area contributed by atoms with E-state index in [1.807, 2.05) is 0 Å². The summed E-state index contributed by atoms with van der Waals surface area (Å²) in [6, 6.07) is 8.86. The Kier molecular flexibility index (Phi) is 18.9. The van der Waals surface area contributed by atoms with Crippen LogP contribution in [0.1, 0.15) is 127 Å². The zero-order chi connectivity index (χ0) is 29.0. The minimum absolute atomic E-state index is 0.361. The molecule has 0 aliphatic heterocycles. The summed E-state index contributed by atoms with van der Waals surface area (Å²) in [6.45, 7) is 11.3. The van der Waals surface area contributed by atoms with Gasteiger partial charge in [0.2, 0.25) is 9.90 Å². The predicted octanol–water partition coefficient (Wildman–Crippen LogP) is 10.3. The largest absolute Gasteiger partial charge is 0.384 e. The van der Waals surface area contributed by atoms with Gasteiger partial charge in [-0.1, -0.05) is 79.1 Å². The SMILES string of the molecule is CCCCC(CC)CNc1cc[n+](C(Br)CCCCCCC(Br)[n+]2ccc(NCC(CC)CCCC)cc2)cc1. The third-order valence-corrected chi connectivity index (χ3v) is 10.1. The molecule has 4 atom stereocenters. The van der Waals surface area contributed by atoms with E-state index in [0.29, 0.717) is 9.90 Å². The van der Waals surface area contributed by atoms with Gasteiger partial charge in [-0.2, -0.15) is 9.13 Å². The van der Waals surface area contributed by atoms with Crippen LogP contribution in [0, 0.1) is 11.8 Å². The molecule has 0 aromatic carbocycles. The number of nitrogens with zero attached hydrogens (tertiary/aromatic N) is 2. The summed E-state index contributed by atoms with van der Waals surface area (Å²) in [5, 5.41) is 7.28. The fourth-order valence-corrected chi connectivity index (χ4v) is 6.37. The zero-order valence-corrected chi connectivity index (χ0v) is 29.1. The molecule has 0 aliphatic carbocycles. The molecule has 0 radical (unpaired) electrons. The van der Waals surface area contributed by atoms with Gasteiger partial charge in [-0.3, -0.25) is 0 Å². The van der Waals surface area contributed by atoms with Gasteiger partial charge in [0.25, 0.3) is 0 Å². The van der Waals surface area contributed by atoms with Crippen LogP contribution in [0.2, 0.25) is 0 Å². The monoisotopic (exact) mass is 680 g/mol. The summed E-state index contributed by atoms with van der Waals surface area (Å²) < 4.78 is 4.58. The van der Waals surface area contributed by atoms with E-state index in [-0.39, 0.29) is 0 Å². The molecule has 226 valence electrons. The number of hydrogen-bond acceptors (Lipinski definition) is 2. The molecule has 4 unspecified atom stereocenters. The maximum absolute atomic E-state index is 3.90. The average molecular weight is 683 g/mol. The van der Waals surface area contributed by atoms with Crippen molar-refractivity contribution in [1.29, 1.82) is 0 Å². The lowest BCUT2D eigenvalue weighted by Gasteiger charge is -2.16. The van der Waals surface area contributed by atoms with Crippen LogP contribution in [0.4, 0.5) is 11.4 Å². The van der Waals surface area contributed by atoms with Gasteiger partial charge in [0.1, 0.15) is 0 Å². The summed E-state index contributed by atoms with van der Waals surface area (Å²) in [4.78, 5) is 0.723. The van der Waals surface area contributed by atoms with Gasteiger partial charge < -0.3 is 10.6 Å². The maximum atomic E-state index is 3.90. The van der Waals surface area contributed by atoms with Gasteiger partial charge in [-0.15, -0.1) is 0 Å². The van der Waals surface area contributed by atoms with Crippen molar-refractivity contribution in [2.24, 2.45) is 11.8 Å². The first-order valence-electron chi connectivity index (χ1n) is 16.3. The Morgan fingerprint density at radius 3 is 1.25 bits per heavy atom. The highest BCUT2D eigenvalue weighted by atomic mass is 79.9. The maximum Gasteiger partial charge on any atom is 0.211 e. The van der Waals surface area contributed by atoms with Gasteiger partial charge >= 0.3 is 0 Å². The van der Waals surface area contributed by atoms with E-state index in [4.69, 9.17) is 0 Å². The smallest absolute Gasteiger partial charge is 0.211 e. The number of pyridine rings is 2. The summed E-state index contributed by atoms with van der Waals surface area (Å²) in [7, 11) is 0. The zero-order valence-electron chi connectivity index (χ0n) is 25.9. The minimum atomic E-state index is 0.361. The molecule has 2 aromatic heterocycles. The molecular formula is C34H58Br2N4+2. The summed E-state index contributed by atoms with van der Waals surface area (Å²) >= 11 is 7.80. The van der Waals surface area contributed by atoms with Crippen molar-refractivity contribution < 1.29 is 9.13 Å². The van der Waals surface area contributed by atoms with Crippen molar-refractivity contribution in [2.45, 2.75) is 127 Å². The Balaban J connectivity index is 1.60. The molecule has 0 fully saturated rings. The van der Waals surface area contributed by atoms with Gasteiger partial charge in [-0.25, -0.2) is 0 Å². The highest BCUT2D eigenvalue weighted by Crippen LogP contribution is 2.21. The average Bonchev–Trinajstić information content (AvgIpc) is 2.99. The fourth-order valence-electron chi connectivity index (χ4n) is 5.17. The normalized spacial score (nSPS) is 14.4. The number of nitrogens with one attached hydrogen (secondary N) is 2. The molecule has 0 saturated carbocycles. The number of halogens is 2. The number of rotatable bonds is 23. The lowest BCUT2D eigenvalue weighted by atomic mass is 9.99. The van der Waals surface area contributed by atoms with Crippen LogP contribution in [0.15, 0.2) is 49.1 Å². The molecule has 2 aromatic rings. The first-order valence-corrected chi connectivity index (χ1v) is 18.1. The lowest BCUT2D eigenvalue weighted by molar-refractivity contribution is -0.698. The van der Waals surface area contributed by atoms with Crippen LogP contribution in [-0.2, 0) is 0 Å². The van der Waals surface area contributed by atoms with Gasteiger partial charge in [0.15, 0.2) is 24.8 Å². The number of aromatic nitrogens is 2. The Morgan fingerprint density at radius 2 is 0.925 bits per heavy atom. The van der Waals surface area contributed by atoms with Gasteiger partial charge in [0.05, 0.1) is 0 Å². The van der Waals surface area contributed by atoms with E-state index in [1.54, 1.807) is 0 Å². The Labute approximate surface area is 263 Å². The molecule has 2 heterocycles. The second-order valence-corrected chi connectivity index (χ2v) is 13.6. The van der Waals surface area contributed by atoms with E-state index >= 15 is 0 Å². The molecule has 2 N–H and O–H groups in total. The molecule has 2 rings (SSSR count). The third-order valence-electron chi connectivity index (χ3n) is 8.26. The van der Waals surface area contributed by atoms with Crippen LogP contribution >= 0.6 is 31.9 Å². The molecule has 0 bridgehead atoms. The van der Waals surface area contributed by atoms with Crippen molar-refractivity contribution in [1.82, 2.24) is 0 Å². The van der Waals surface area contributed by atoms with E-state index < -0.39 is 0 Å². The fraction of sp³-hybridized carbons (Fsp3) is 0.706. The van der Waals surface area contributed by atoms with E-state index in [2.05, 4.69) is 128 Å². The molecule has 0 saturated heterocycles.